The minimum absolute atomic E-state index is 0.0249. The Balaban J connectivity index is 2.53. The zero-order valence-corrected chi connectivity index (χ0v) is 10.0. The Morgan fingerprint density at radius 1 is 1.39 bits per heavy atom. The molecule has 0 aromatic heterocycles. The number of carbonyl (C=O) groups excluding carboxylic acids is 1. The molecule has 1 amide bonds. The van der Waals surface area contributed by atoms with Crippen LogP contribution in [0.15, 0.2) is 24.3 Å². The lowest BCUT2D eigenvalue weighted by atomic mass is 10.1. The molecule has 1 aromatic carbocycles. The van der Waals surface area contributed by atoms with Crippen LogP contribution in [0.3, 0.4) is 0 Å². The van der Waals surface area contributed by atoms with Gasteiger partial charge in [0.2, 0.25) is 0 Å². The van der Waals surface area contributed by atoms with Gasteiger partial charge in [0.15, 0.2) is 0 Å². The van der Waals surface area contributed by atoms with Gasteiger partial charge in [-0.2, -0.15) is 8.78 Å². The van der Waals surface area contributed by atoms with Crippen molar-refractivity contribution in [2.75, 3.05) is 13.1 Å². The Hall–Kier alpha value is -1.69. The van der Waals surface area contributed by atoms with Crippen molar-refractivity contribution in [1.82, 2.24) is 5.32 Å². The second kappa shape index (κ2) is 6.90. The highest BCUT2D eigenvalue weighted by molar-refractivity contribution is 5.94. The van der Waals surface area contributed by atoms with Gasteiger partial charge in [0.1, 0.15) is 5.75 Å². The van der Waals surface area contributed by atoms with Gasteiger partial charge in [-0.15, -0.1) is 0 Å². The molecule has 3 N–H and O–H groups in total. The molecule has 0 saturated carbocycles. The molecule has 0 bridgehead atoms. The van der Waals surface area contributed by atoms with Crippen molar-refractivity contribution in [1.29, 1.82) is 0 Å². The number of hydrogen-bond acceptors (Lipinski definition) is 3. The predicted octanol–water partition coefficient (Wildman–Crippen LogP) is 1.61. The highest BCUT2D eigenvalue weighted by Crippen LogP contribution is 2.14. The van der Waals surface area contributed by atoms with Crippen molar-refractivity contribution < 1.29 is 18.3 Å². The topological polar surface area (TPSA) is 64.3 Å². The third-order valence-electron chi connectivity index (χ3n) is 2.36. The number of carbonyl (C=O) groups is 1. The molecule has 1 unspecified atom stereocenters. The molecular weight excluding hydrogens is 242 g/mol. The molecule has 0 aliphatic rings. The summed E-state index contributed by atoms with van der Waals surface area (Å²) in [5, 5.41) is 2.70. The fraction of sp³-hybridized carbons (Fsp3) is 0.417. The van der Waals surface area contributed by atoms with E-state index in [1.807, 2.05) is 6.92 Å². The average molecular weight is 258 g/mol. The zero-order valence-electron chi connectivity index (χ0n) is 10.0. The molecule has 0 heterocycles. The largest absolute Gasteiger partial charge is 0.435 e. The normalized spacial score (nSPS) is 12.3. The molecule has 1 aromatic rings. The van der Waals surface area contributed by atoms with Gasteiger partial charge in [-0.05, 0) is 36.7 Å². The summed E-state index contributed by atoms with van der Waals surface area (Å²) >= 11 is 0. The van der Waals surface area contributed by atoms with Crippen molar-refractivity contribution in [2.45, 2.75) is 13.5 Å². The first-order valence-corrected chi connectivity index (χ1v) is 5.56. The standard InChI is InChI=1S/C12H16F2N2O2/c1-8(6-15)7-16-11(17)9-2-4-10(5-3-9)18-12(13)14/h2-5,8,12H,6-7,15H2,1H3,(H,16,17). The SMILES string of the molecule is CC(CN)CNC(=O)c1ccc(OC(F)F)cc1. The van der Waals surface area contributed by atoms with Gasteiger partial charge in [0.05, 0.1) is 0 Å². The highest BCUT2D eigenvalue weighted by Gasteiger charge is 2.08. The molecule has 18 heavy (non-hydrogen) atoms. The van der Waals surface area contributed by atoms with Crippen LogP contribution in [0.25, 0.3) is 0 Å². The number of alkyl halides is 2. The lowest BCUT2D eigenvalue weighted by molar-refractivity contribution is -0.0498. The predicted molar refractivity (Wildman–Crippen MR) is 63.6 cm³/mol. The van der Waals surface area contributed by atoms with E-state index >= 15 is 0 Å². The lowest BCUT2D eigenvalue weighted by Crippen LogP contribution is -2.31. The maximum atomic E-state index is 11.9. The van der Waals surface area contributed by atoms with Crippen molar-refractivity contribution in [3.05, 3.63) is 29.8 Å². The Labute approximate surface area is 104 Å². The van der Waals surface area contributed by atoms with Crippen LogP contribution in [0.5, 0.6) is 5.75 Å². The van der Waals surface area contributed by atoms with Crippen LogP contribution < -0.4 is 15.8 Å². The maximum Gasteiger partial charge on any atom is 0.387 e. The first-order chi connectivity index (χ1) is 8.52. The Morgan fingerprint density at radius 2 is 2.00 bits per heavy atom. The lowest BCUT2D eigenvalue weighted by Gasteiger charge is -2.10. The van der Waals surface area contributed by atoms with Crippen molar-refractivity contribution >= 4 is 5.91 Å². The number of rotatable bonds is 6. The molecule has 0 aliphatic carbocycles. The summed E-state index contributed by atoms with van der Waals surface area (Å²) in [4.78, 5) is 11.7. The Bertz CT molecular complexity index is 382. The molecule has 4 nitrogen and oxygen atoms in total. The average Bonchev–Trinajstić information content (AvgIpc) is 2.35. The summed E-state index contributed by atoms with van der Waals surface area (Å²) in [5.41, 5.74) is 5.81. The number of nitrogens with two attached hydrogens (primary N) is 1. The minimum atomic E-state index is -2.87. The number of amides is 1. The molecule has 0 spiro atoms. The molecule has 1 rings (SSSR count). The van der Waals surface area contributed by atoms with Gasteiger partial charge in [-0.3, -0.25) is 4.79 Å². The van der Waals surface area contributed by atoms with E-state index in [2.05, 4.69) is 10.1 Å². The first-order valence-electron chi connectivity index (χ1n) is 5.56. The van der Waals surface area contributed by atoms with Crippen LogP contribution in [-0.4, -0.2) is 25.6 Å². The van der Waals surface area contributed by atoms with E-state index in [9.17, 15) is 13.6 Å². The van der Waals surface area contributed by atoms with Gasteiger partial charge in [0, 0.05) is 12.1 Å². The molecule has 1 atom stereocenters. The Kier molecular flexibility index (Phi) is 5.51. The van der Waals surface area contributed by atoms with Crippen LogP contribution in [0.1, 0.15) is 17.3 Å². The molecule has 0 aliphatic heterocycles. The number of hydrogen-bond donors (Lipinski definition) is 2. The van der Waals surface area contributed by atoms with Gasteiger partial charge in [-0.1, -0.05) is 6.92 Å². The molecule has 0 fully saturated rings. The van der Waals surface area contributed by atoms with Crippen LogP contribution in [0.2, 0.25) is 0 Å². The van der Waals surface area contributed by atoms with Crippen LogP contribution >= 0.6 is 0 Å². The Morgan fingerprint density at radius 3 is 2.50 bits per heavy atom. The smallest absolute Gasteiger partial charge is 0.387 e. The molecular formula is C12H16F2N2O2. The van der Waals surface area contributed by atoms with Gasteiger partial charge in [0.25, 0.3) is 5.91 Å². The number of benzene rings is 1. The van der Waals surface area contributed by atoms with E-state index in [4.69, 9.17) is 5.73 Å². The summed E-state index contributed by atoms with van der Waals surface area (Å²) in [6.45, 7) is 0.0152. The zero-order chi connectivity index (χ0) is 13.5. The third kappa shape index (κ3) is 4.67. The molecule has 6 heteroatoms. The van der Waals surface area contributed by atoms with E-state index in [1.165, 1.54) is 24.3 Å². The van der Waals surface area contributed by atoms with E-state index in [0.29, 0.717) is 18.7 Å². The van der Waals surface area contributed by atoms with Crippen molar-refractivity contribution in [3.63, 3.8) is 0 Å². The first kappa shape index (κ1) is 14.4. The summed E-state index contributed by atoms with van der Waals surface area (Å²) in [7, 11) is 0. The monoisotopic (exact) mass is 258 g/mol. The van der Waals surface area contributed by atoms with Crippen LogP contribution in [0, 0.1) is 5.92 Å². The fourth-order valence-corrected chi connectivity index (χ4v) is 1.24. The second-order valence-electron chi connectivity index (χ2n) is 3.95. The van der Waals surface area contributed by atoms with Gasteiger partial charge in [-0.25, -0.2) is 0 Å². The van der Waals surface area contributed by atoms with E-state index < -0.39 is 6.61 Å². The number of nitrogens with one attached hydrogen (secondary N) is 1. The third-order valence-corrected chi connectivity index (χ3v) is 2.36. The maximum absolute atomic E-state index is 11.9. The fourth-order valence-electron chi connectivity index (χ4n) is 1.24. The van der Waals surface area contributed by atoms with E-state index in [1.54, 1.807) is 0 Å². The summed E-state index contributed by atoms with van der Waals surface area (Å²) in [6.07, 6.45) is 0. The summed E-state index contributed by atoms with van der Waals surface area (Å²) in [5.74, 6) is -0.0498. The molecule has 0 radical (unpaired) electrons. The van der Waals surface area contributed by atoms with Crippen LogP contribution in [-0.2, 0) is 0 Å². The molecule has 100 valence electrons. The number of halogens is 2. The summed E-state index contributed by atoms with van der Waals surface area (Å²) < 4.78 is 28.0. The van der Waals surface area contributed by atoms with E-state index in [0.717, 1.165) is 0 Å². The van der Waals surface area contributed by atoms with Gasteiger partial charge < -0.3 is 15.8 Å². The summed E-state index contributed by atoms with van der Waals surface area (Å²) in [6, 6.07) is 5.52. The minimum Gasteiger partial charge on any atom is -0.435 e. The van der Waals surface area contributed by atoms with E-state index in [-0.39, 0.29) is 17.6 Å². The second-order valence-corrected chi connectivity index (χ2v) is 3.95. The van der Waals surface area contributed by atoms with Gasteiger partial charge >= 0.3 is 6.61 Å². The van der Waals surface area contributed by atoms with Crippen LogP contribution in [0.4, 0.5) is 8.78 Å². The molecule has 0 saturated heterocycles. The number of ether oxygens (including phenoxy) is 1. The highest BCUT2D eigenvalue weighted by atomic mass is 19.3. The van der Waals surface area contributed by atoms with Crippen molar-refractivity contribution in [2.24, 2.45) is 11.7 Å². The van der Waals surface area contributed by atoms with Crippen molar-refractivity contribution in [3.8, 4) is 5.75 Å². The quantitative estimate of drug-likeness (QED) is 0.814.